The minimum Gasteiger partial charge on any atom is -0.325 e. The number of carbonyl (C=O) groups is 1. The van der Waals surface area contributed by atoms with Crippen LogP contribution < -0.4 is 15.4 Å². The molecule has 0 atom stereocenters. The number of carbonyl (C=O) groups excluding carboxylic acids is 1. The highest BCUT2D eigenvalue weighted by molar-refractivity contribution is 7.89. The first-order valence-corrected chi connectivity index (χ1v) is 8.13. The van der Waals surface area contributed by atoms with Crippen molar-refractivity contribution in [3.8, 4) is 0 Å². The summed E-state index contributed by atoms with van der Waals surface area (Å²) in [6.45, 7) is -0.152. The molecule has 10 heteroatoms. The van der Waals surface area contributed by atoms with Crippen molar-refractivity contribution >= 4 is 34.0 Å². The molecule has 0 unspecified atom stereocenters. The van der Waals surface area contributed by atoms with Gasteiger partial charge in [0.05, 0.1) is 18.0 Å². The molecule has 0 saturated heterocycles. The first kappa shape index (κ1) is 19.8. The lowest BCUT2D eigenvalue weighted by atomic mass is 10.2. The van der Waals surface area contributed by atoms with Crippen LogP contribution in [0.1, 0.15) is 12.5 Å². The van der Waals surface area contributed by atoms with Gasteiger partial charge in [0.25, 0.3) is 5.92 Å². The number of amides is 1. The van der Waals surface area contributed by atoms with Gasteiger partial charge in [0.1, 0.15) is 0 Å². The third-order valence-electron chi connectivity index (χ3n) is 3.46. The minimum absolute atomic E-state index is 0. The third kappa shape index (κ3) is 4.37. The number of alkyl halides is 2. The second-order valence-corrected chi connectivity index (χ2v) is 6.86. The Labute approximate surface area is 139 Å². The monoisotopic (exact) mass is 369 g/mol. The SMILES string of the molecule is CC(=O)N1CCc2ccc(S(=O)(=O)NCC(F)(F)CN)cc21.Cl. The Kier molecular flexibility index (Phi) is 6.08. The maximum absolute atomic E-state index is 13.1. The van der Waals surface area contributed by atoms with Gasteiger partial charge in [0.2, 0.25) is 15.9 Å². The molecule has 0 bridgehead atoms. The highest BCUT2D eigenvalue weighted by atomic mass is 35.5. The number of hydrogen-bond acceptors (Lipinski definition) is 4. The normalized spacial score (nSPS) is 14.3. The zero-order chi connectivity index (χ0) is 16.5. The van der Waals surface area contributed by atoms with Gasteiger partial charge in [-0.1, -0.05) is 6.07 Å². The Morgan fingerprint density at radius 3 is 2.65 bits per heavy atom. The number of rotatable bonds is 5. The van der Waals surface area contributed by atoms with E-state index in [-0.39, 0.29) is 23.2 Å². The number of halogens is 3. The second kappa shape index (κ2) is 7.08. The molecule has 1 aromatic rings. The summed E-state index contributed by atoms with van der Waals surface area (Å²) in [5.41, 5.74) is 6.22. The molecule has 0 spiro atoms. The number of sulfonamides is 1. The van der Waals surface area contributed by atoms with Gasteiger partial charge in [0, 0.05) is 19.2 Å². The van der Waals surface area contributed by atoms with Crippen molar-refractivity contribution in [3.63, 3.8) is 0 Å². The molecule has 6 nitrogen and oxygen atoms in total. The van der Waals surface area contributed by atoms with Gasteiger partial charge in [-0.2, -0.15) is 0 Å². The molecule has 0 fully saturated rings. The predicted octanol–water partition coefficient (Wildman–Crippen LogP) is 0.890. The highest BCUT2D eigenvalue weighted by Crippen LogP contribution is 2.30. The Balaban J connectivity index is 0.00000264. The van der Waals surface area contributed by atoms with Crippen molar-refractivity contribution in [1.29, 1.82) is 0 Å². The first-order chi connectivity index (χ1) is 10.2. The molecule has 0 saturated carbocycles. The van der Waals surface area contributed by atoms with Crippen LogP contribution in [-0.4, -0.2) is 39.9 Å². The van der Waals surface area contributed by atoms with Crippen molar-refractivity contribution in [2.75, 3.05) is 24.5 Å². The van der Waals surface area contributed by atoms with E-state index in [4.69, 9.17) is 5.73 Å². The number of anilines is 1. The summed E-state index contributed by atoms with van der Waals surface area (Å²) in [5.74, 6) is -3.51. The Morgan fingerprint density at radius 1 is 1.43 bits per heavy atom. The molecule has 1 amide bonds. The molecule has 2 rings (SSSR count). The molecule has 3 N–H and O–H groups in total. The van der Waals surface area contributed by atoms with Gasteiger partial charge in [-0.3, -0.25) is 4.79 Å². The molecule has 0 radical (unpaired) electrons. The second-order valence-electron chi connectivity index (χ2n) is 5.10. The van der Waals surface area contributed by atoms with Gasteiger partial charge < -0.3 is 10.6 Å². The Morgan fingerprint density at radius 2 is 2.09 bits per heavy atom. The molecule has 1 heterocycles. The van der Waals surface area contributed by atoms with E-state index in [0.717, 1.165) is 5.56 Å². The summed E-state index contributed by atoms with van der Waals surface area (Å²) in [6, 6.07) is 4.26. The van der Waals surface area contributed by atoms with Gasteiger partial charge >= 0.3 is 0 Å². The zero-order valence-corrected chi connectivity index (χ0v) is 14.0. The first-order valence-electron chi connectivity index (χ1n) is 6.65. The number of nitrogens with one attached hydrogen (secondary N) is 1. The fourth-order valence-corrected chi connectivity index (χ4v) is 3.29. The van der Waals surface area contributed by atoms with E-state index < -0.39 is 29.0 Å². The number of hydrogen-bond donors (Lipinski definition) is 2. The van der Waals surface area contributed by atoms with Crippen molar-refractivity contribution in [2.24, 2.45) is 5.73 Å². The maximum Gasteiger partial charge on any atom is 0.273 e. The number of benzene rings is 1. The fraction of sp³-hybridized carbons (Fsp3) is 0.462. The van der Waals surface area contributed by atoms with Crippen LogP contribution in [-0.2, 0) is 21.2 Å². The topological polar surface area (TPSA) is 92.5 Å². The molecule has 130 valence electrons. The average Bonchev–Trinajstić information content (AvgIpc) is 2.88. The lowest BCUT2D eigenvalue weighted by Gasteiger charge is -2.17. The Hall–Kier alpha value is -1.29. The van der Waals surface area contributed by atoms with Crippen molar-refractivity contribution < 1.29 is 22.0 Å². The van der Waals surface area contributed by atoms with Gasteiger partial charge in [-0.05, 0) is 24.1 Å². The van der Waals surface area contributed by atoms with Crippen LogP contribution in [0, 0.1) is 0 Å². The lowest BCUT2D eigenvalue weighted by Crippen LogP contribution is -2.41. The van der Waals surface area contributed by atoms with Crippen LogP contribution in [0.4, 0.5) is 14.5 Å². The van der Waals surface area contributed by atoms with E-state index in [0.29, 0.717) is 18.7 Å². The van der Waals surface area contributed by atoms with Crippen LogP contribution in [0.25, 0.3) is 0 Å². The highest BCUT2D eigenvalue weighted by Gasteiger charge is 2.30. The van der Waals surface area contributed by atoms with Gasteiger partial charge in [-0.15, -0.1) is 12.4 Å². The van der Waals surface area contributed by atoms with Crippen LogP contribution in [0.15, 0.2) is 23.1 Å². The standard InChI is InChI=1S/C13H17F2N3O3S.ClH/c1-9(19)18-5-4-10-2-3-11(6-12(10)18)22(20,21)17-8-13(14,15)7-16;/h2-3,6,17H,4-5,7-8,16H2,1H3;1H. The molecule has 1 aliphatic heterocycles. The predicted molar refractivity (Wildman–Crippen MR) is 84.6 cm³/mol. The van der Waals surface area contributed by atoms with E-state index in [1.165, 1.54) is 24.0 Å². The molecule has 0 aromatic heterocycles. The van der Waals surface area contributed by atoms with E-state index >= 15 is 0 Å². The van der Waals surface area contributed by atoms with Crippen molar-refractivity contribution in [3.05, 3.63) is 23.8 Å². The number of nitrogens with zero attached hydrogens (tertiary/aromatic N) is 1. The molecular weight excluding hydrogens is 352 g/mol. The van der Waals surface area contributed by atoms with E-state index in [9.17, 15) is 22.0 Å². The number of nitrogens with two attached hydrogens (primary N) is 1. The quantitative estimate of drug-likeness (QED) is 0.806. The average molecular weight is 370 g/mol. The minimum atomic E-state index is -4.10. The molecular formula is C13H18ClF2N3O3S. The van der Waals surface area contributed by atoms with Crippen LogP contribution in [0.5, 0.6) is 0 Å². The largest absolute Gasteiger partial charge is 0.325 e. The zero-order valence-electron chi connectivity index (χ0n) is 12.4. The Bertz CT molecular complexity index is 698. The van der Waals surface area contributed by atoms with Gasteiger partial charge in [0.15, 0.2) is 0 Å². The maximum atomic E-state index is 13.1. The lowest BCUT2D eigenvalue weighted by molar-refractivity contribution is -0.116. The summed E-state index contributed by atoms with van der Waals surface area (Å²) in [5, 5.41) is 0. The summed E-state index contributed by atoms with van der Waals surface area (Å²) in [4.78, 5) is 12.8. The summed E-state index contributed by atoms with van der Waals surface area (Å²) >= 11 is 0. The van der Waals surface area contributed by atoms with Crippen LogP contribution >= 0.6 is 12.4 Å². The molecule has 1 aliphatic rings. The summed E-state index contributed by atoms with van der Waals surface area (Å²) < 4.78 is 52.2. The van der Waals surface area contributed by atoms with Crippen molar-refractivity contribution in [2.45, 2.75) is 24.2 Å². The summed E-state index contributed by atoms with van der Waals surface area (Å²) in [7, 11) is -4.10. The van der Waals surface area contributed by atoms with Crippen LogP contribution in [0.3, 0.4) is 0 Å². The fourth-order valence-electron chi connectivity index (χ4n) is 2.21. The smallest absolute Gasteiger partial charge is 0.273 e. The molecule has 0 aliphatic carbocycles. The third-order valence-corrected chi connectivity index (χ3v) is 4.86. The van der Waals surface area contributed by atoms with Crippen molar-refractivity contribution in [1.82, 2.24) is 4.72 Å². The van der Waals surface area contributed by atoms with E-state index in [2.05, 4.69) is 0 Å². The van der Waals surface area contributed by atoms with Crippen LogP contribution in [0.2, 0.25) is 0 Å². The van der Waals surface area contributed by atoms with E-state index in [1.807, 2.05) is 4.72 Å². The molecule has 23 heavy (non-hydrogen) atoms. The van der Waals surface area contributed by atoms with E-state index in [1.54, 1.807) is 6.07 Å². The van der Waals surface area contributed by atoms with Gasteiger partial charge in [-0.25, -0.2) is 21.9 Å². The summed E-state index contributed by atoms with van der Waals surface area (Å²) in [6.07, 6.45) is 0.633. The molecule has 1 aromatic carbocycles. The number of fused-ring (bicyclic) bond motifs is 1.